The fourth-order valence-electron chi connectivity index (χ4n) is 4.62. The standard InChI is InChI=1S/C22H28N4O10S/c23-5-6-24-16(7-17(27)28)22(8-18(29)30,9-19(31)32)26(11-20(33)34,12-21(35)36)10-14-1-3-15(4-2-14)25-13-37/h1-4,16,24H,5-12,23H2,(H4-,27,28,29,30,31,32,33,34,35,36)/p+1. The first-order chi connectivity index (χ1) is 17.3. The van der Waals surface area contributed by atoms with E-state index in [2.05, 4.69) is 27.7 Å². The summed E-state index contributed by atoms with van der Waals surface area (Å²) < 4.78 is -1.12. The average Bonchev–Trinajstić information content (AvgIpc) is 2.75. The van der Waals surface area contributed by atoms with Crippen molar-refractivity contribution in [3.05, 3.63) is 29.8 Å². The molecule has 0 radical (unpaired) electrons. The Labute approximate surface area is 216 Å². The Bertz CT molecular complexity index is 1020. The average molecular weight is 542 g/mol. The molecule has 0 heterocycles. The quantitative estimate of drug-likeness (QED) is 0.0736. The number of rotatable bonds is 18. The van der Waals surface area contributed by atoms with Crippen molar-refractivity contribution in [2.24, 2.45) is 10.7 Å². The van der Waals surface area contributed by atoms with E-state index >= 15 is 0 Å². The summed E-state index contributed by atoms with van der Waals surface area (Å²) in [4.78, 5) is 64.0. The maximum absolute atomic E-state index is 12.1. The lowest BCUT2D eigenvalue weighted by Gasteiger charge is -2.54. The zero-order valence-electron chi connectivity index (χ0n) is 19.7. The minimum Gasteiger partial charge on any atom is -0.481 e. The lowest BCUT2D eigenvalue weighted by Crippen LogP contribution is -2.75. The van der Waals surface area contributed by atoms with Gasteiger partial charge in [-0.3, -0.25) is 18.9 Å². The Kier molecular flexibility index (Phi) is 11.9. The molecule has 0 aromatic heterocycles. The number of hydrogen-bond donors (Lipinski definition) is 7. The minimum absolute atomic E-state index is 0.0495. The Balaban J connectivity index is 4.08. The van der Waals surface area contributed by atoms with Crippen LogP contribution < -0.4 is 11.1 Å². The van der Waals surface area contributed by atoms with Gasteiger partial charge in [-0.25, -0.2) is 9.59 Å². The zero-order chi connectivity index (χ0) is 28.2. The summed E-state index contributed by atoms with van der Waals surface area (Å²) in [6.07, 6.45) is -2.94. The molecule has 37 heavy (non-hydrogen) atoms. The SMILES string of the molecule is NCCNC(CC(=O)O)C(CC(=O)O)(CC(=O)O)[N+](CC(=O)O)(CC(=O)O)Cc1ccc(N=C=S)cc1. The number of nitrogens with one attached hydrogen (secondary N) is 1. The Morgan fingerprint density at radius 2 is 1.43 bits per heavy atom. The van der Waals surface area contributed by atoms with Gasteiger partial charge >= 0.3 is 29.8 Å². The van der Waals surface area contributed by atoms with E-state index in [0.717, 1.165) is 0 Å². The van der Waals surface area contributed by atoms with Crippen molar-refractivity contribution < 1.29 is 54.0 Å². The van der Waals surface area contributed by atoms with Crippen LogP contribution in [0.25, 0.3) is 0 Å². The minimum atomic E-state index is -2.26. The van der Waals surface area contributed by atoms with E-state index in [1.807, 2.05) is 0 Å². The molecule has 0 aliphatic heterocycles. The second-order valence-corrected chi connectivity index (χ2v) is 8.60. The number of nitrogens with zero attached hydrogens (tertiary/aromatic N) is 2. The van der Waals surface area contributed by atoms with Crippen LogP contribution in [0.4, 0.5) is 5.69 Å². The van der Waals surface area contributed by atoms with Crippen molar-refractivity contribution in [1.82, 2.24) is 5.32 Å². The van der Waals surface area contributed by atoms with Crippen molar-refractivity contribution in [3.63, 3.8) is 0 Å². The first-order valence-electron chi connectivity index (χ1n) is 10.9. The zero-order valence-corrected chi connectivity index (χ0v) is 20.5. The number of carboxylic acid groups (broad SMARTS) is 5. The van der Waals surface area contributed by atoms with E-state index in [1.54, 1.807) is 0 Å². The van der Waals surface area contributed by atoms with Crippen molar-refractivity contribution in [2.75, 3.05) is 26.2 Å². The molecule has 1 unspecified atom stereocenters. The fourth-order valence-corrected chi connectivity index (χ4v) is 4.72. The lowest BCUT2D eigenvalue weighted by molar-refractivity contribution is -0.977. The maximum atomic E-state index is 12.1. The van der Waals surface area contributed by atoms with E-state index < -0.39 is 84.8 Å². The molecule has 14 nitrogen and oxygen atoms in total. The molecule has 1 rings (SSSR count). The van der Waals surface area contributed by atoms with Crippen LogP contribution in [0.5, 0.6) is 0 Å². The number of carbonyl (C=O) groups is 5. The van der Waals surface area contributed by atoms with Gasteiger partial charge in [-0.15, -0.1) is 0 Å². The molecule has 1 atom stereocenters. The number of thiocarbonyl (C=S) groups is 1. The monoisotopic (exact) mass is 541 g/mol. The van der Waals surface area contributed by atoms with E-state index in [1.165, 1.54) is 24.3 Å². The van der Waals surface area contributed by atoms with Crippen LogP contribution in [-0.4, -0.2) is 103 Å². The number of benzene rings is 1. The molecular weight excluding hydrogens is 512 g/mol. The number of hydrogen-bond acceptors (Lipinski definition) is 9. The van der Waals surface area contributed by atoms with Crippen LogP contribution >= 0.6 is 12.2 Å². The Hall–Kier alpha value is -3.75. The van der Waals surface area contributed by atoms with Crippen molar-refractivity contribution in [1.29, 1.82) is 0 Å². The largest absolute Gasteiger partial charge is 0.481 e. The van der Waals surface area contributed by atoms with E-state index in [0.29, 0.717) is 11.3 Å². The topological polar surface area (TPSA) is 237 Å². The van der Waals surface area contributed by atoms with Gasteiger partial charge in [0.15, 0.2) is 13.1 Å². The molecule has 1 aromatic rings. The summed E-state index contributed by atoms with van der Waals surface area (Å²) in [6.45, 7) is -2.63. The normalized spacial score (nSPS) is 12.2. The first kappa shape index (κ1) is 31.3. The molecule has 0 saturated carbocycles. The Morgan fingerprint density at radius 3 is 1.81 bits per heavy atom. The van der Waals surface area contributed by atoms with Gasteiger partial charge in [-0.1, -0.05) is 12.1 Å². The van der Waals surface area contributed by atoms with E-state index in [4.69, 9.17) is 5.73 Å². The third-order valence-corrected chi connectivity index (χ3v) is 5.99. The number of nitrogens with two attached hydrogens (primary N) is 1. The number of aliphatic imine (C=N–C) groups is 1. The van der Waals surface area contributed by atoms with Crippen LogP contribution in [-0.2, 0) is 30.5 Å². The van der Waals surface area contributed by atoms with E-state index in [9.17, 15) is 49.5 Å². The van der Waals surface area contributed by atoms with Gasteiger partial charge < -0.3 is 36.6 Å². The highest BCUT2D eigenvalue weighted by atomic mass is 32.1. The molecule has 0 aliphatic rings. The number of aliphatic carboxylic acids is 5. The molecule has 8 N–H and O–H groups in total. The molecule has 0 aliphatic carbocycles. The summed E-state index contributed by atoms with van der Waals surface area (Å²) in [5, 5.41) is 53.8. The van der Waals surface area contributed by atoms with Crippen LogP contribution in [0.1, 0.15) is 24.8 Å². The van der Waals surface area contributed by atoms with Crippen molar-refractivity contribution >= 4 is 52.9 Å². The van der Waals surface area contributed by atoms with Gasteiger partial charge in [-0.2, -0.15) is 4.99 Å². The molecule has 0 saturated heterocycles. The summed E-state index contributed by atoms with van der Waals surface area (Å²) in [5.41, 5.74) is 3.97. The van der Waals surface area contributed by atoms with Gasteiger partial charge in [0.25, 0.3) is 0 Å². The number of carboxylic acids is 5. The second kappa shape index (κ2) is 14.1. The molecule has 1 aromatic carbocycles. The van der Waals surface area contributed by atoms with Gasteiger partial charge in [0.2, 0.25) is 0 Å². The third kappa shape index (κ3) is 9.00. The molecule has 202 valence electrons. The fraction of sp³-hybridized carbons (Fsp3) is 0.455. The summed E-state index contributed by atoms with van der Waals surface area (Å²) in [7, 11) is 0. The maximum Gasteiger partial charge on any atom is 0.359 e. The van der Waals surface area contributed by atoms with Crippen LogP contribution in [0.15, 0.2) is 29.3 Å². The molecular formula is C22H29N4O10S+. The molecule has 0 bridgehead atoms. The van der Waals surface area contributed by atoms with Crippen molar-refractivity contribution in [3.8, 4) is 0 Å². The smallest absolute Gasteiger partial charge is 0.359 e. The third-order valence-electron chi connectivity index (χ3n) is 5.89. The Morgan fingerprint density at radius 1 is 0.919 bits per heavy atom. The number of isothiocyanates is 1. The van der Waals surface area contributed by atoms with Gasteiger partial charge in [0.05, 0.1) is 23.3 Å². The predicted molar refractivity (Wildman–Crippen MR) is 130 cm³/mol. The van der Waals surface area contributed by atoms with Crippen molar-refractivity contribution in [2.45, 2.75) is 37.4 Å². The second-order valence-electron chi connectivity index (χ2n) is 8.41. The van der Waals surface area contributed by atoms with E-state index in [-0.39, 0.29) is 13.1 Å². The first-order valence-corrected chi connectivity index (χ1v) is 11.3. The molecule has 0 fully saturated rings. The van der Waals surface area contributed by atoms with Crippen LogP contribution in [0.3, 0.4) is 0 Å². The highest BCUT2D eigenvalue weighted by Gasteiger charge is 2.60. The van der Waals surface area contributed by atoms with Crippen LogP contribution in [0, 0.1) is 0 Å². The summed E-state index contributed by atoms with van der Waals surface area (Å²) in [6, 6.07) is 4.39. The highest BCUT2D eigenvalue weighted by molar-refractivity contribution is 7.78. The predicted octanol–water partition coefficient (Wildman–Crippen LogP) is -0.0133. The molecule has 0 spiro atoms. The highest BCUT2D eigenvalue weighted by Crippen LogP contribution is 2.40. The van der Waals surface area contributed by atoms with Gasteiger partial charge in [0.1, 0.15) is 24.9 Å². The van der Waals surface area contributed by atoms with Gasteiger partial charge in [0, 0.05) is 18.7 Å². The lowest BCUT2D eigenvalue weighted by atomic mass is 9.76. The molecule has 0 amide bonds. The summed E-state index contributed by atoms with van der Waals surface area (Å²) in [5.74, 6) is -7.68. The van der Waals surface area contributed by atoms with Crippen LogP contribution in [0.2, 0.25) is 0 Å². The van der Waals surface area contributed by atoms with Gasteiger partial charge in [-0.05, 0) is 24.4 Å². The molecule has 15 heteroatoms. The summed E-state index contributed by atoms with van der Waals surface area (Å²) >= 11 is 4.55. The number of quaternary nitrogens is 1.